The van der Waals surface area contributed by atoms with Crippen molar-refractivity contribution in [2.75, 3.05) is 6.61 Å². The fourth-order valence-corrected chi connectivity index (χ4v) is 2.15. The van der Waals surface area contributed by atoms with Crippen molar-refractivity contribution >= 4 is 22.5 Å². The second-order valence-electron chi connectivity index (χ2n) is 4.41. The van der Waals surface area contributed by atoms with Crippen LogP contribution in [0.15, 0.2) is 36.4 Å². The maximum absolute atomic E-state index is 12.1. The minimum absolute atomic E-state index is 0.00725. The molecule has 0 spiro atoms. The first-order valence-electron chi connectivity index (χ1n) is 6.53. The fraction of sp³-hybridized carbons (Fsp3) is 0.250. The molecule has 0 bridgehead atoms. The lowest BCUT2D eigenvalue weighted by atomic mass is 9.98. The Balaban J connectivity index is 2.42. The van der Waals surface area contributed by atoms with Gasteiger partial charge in [-0.05, 0) is 24.4 Å². The first-order chi connectivity index (χ1) is 9.63. The van der Waals surface area contributed by atoms with E-state index in [2.05, 4.69) is 0 Å². The van der Waals surface area contributed by atoms with Crippen molar-refractivity contribution in [1.29, 1.82) is 0 Å². The van der Waals surface area contributed by atoms with Crippen molar-refractivity contribution in [2.45, 2.75) is 19.8 Å². The highest BCUT2D eigenvalue weighted by molar-refractivity contribution is 6.10. The van der Waals surface area contributed by atoms with E-state index in [9.17, 15) is 9.59 Å². The Morgan fingerprint density at radius 1 is 1.05 bits per heavy atom. The van der Waals surface area contributed by atoms with Crippen molar-refractivity contribution in [3.05, 3.63) is 42.0 Å². The summed E-state index contributed by atoms with van der Waals surface area (Å²) in [7, 11) is 0. The van der Waals surface area contributed by atoms with Crippen LogP contribution in [0.1, 0.15) is 30.1 Å². The van der Waals surface area contributed by atoms with Gasteiger partial charge in [0.05, 0.1) is 13.0 Å². The standard InChI is InChI=1S/C16H16O4/c1-2-20-15-9-7-12(14(17)8-10-16(18)19)11-5-3-4-6-13(11)15/h3-7,9H,2,8,10H2,1H3,(H,18,19). The summed E-state index contributed by atoms with van der Waals surface area (Å²) in [5, 5.41) is 10.3. The number of carbonyl (C=O) groups excluding carboxylic acids is 1. The second kappa shape index (κ2) is 6.19. The Hall–Kier alpha value is -2.36. The lowest BCUT2D eigenvalue weighted by molar-refractivity contribution is -0.136. The fourth-order valence-electron chi connectivity index (χ4n) is 2.15. The van der Waals surface area contributed by atoms with Crippen LogP contribution in [-0.2, 0) is 4.79 Å². The number of benzene rings is 2. The molecule has 2 aromatic carbocycles. The average Bonchev–Trinajstić information content (AvgIpc) is 2.45. The van der Waals surface area contributed by atoms with Gasteiger partial charge in [0.2, 0.25) is 0 Å². The Kier molecular flexibility index (Phi) is 4.35. The number of hydrogen-bond acceptors (Lipinski definition) is 3. The molecule has 0 aliphatic carbocycles. The highest BCUT2D eigenvalue weighted by Crippen LogP contribution is 2.29. The van der Waals surface area contributed by atoms with E-state index in [-0.39, 0.29) is 18.6 Å². The number of hydrogen-bond donors (Lipinski definition) is 1. The molecule has 1 N–H and O–H groups in total. The molecule has 0 radical (unpaired) electrons. The summed E-state index contributed by atoms with van der Waals surface area (Å²) in [5.74, 6) is -0.391. The van der Waals surface area contributed by atoms with Crippen molar-refractivity contribution in [3.8, 4) is 5.75 Å². The van der Waals surface area contributed by atoms with Gasteiger partial charge >= 0.3 is 5.97 Å². The van der Waals surface area contributed by atoms with E-state index in [1.165, 1.54) is 0 Å². The van der Waals surface area contributed by atoms with E-state index in [1.807, 2.05) is 31.2 Å². The van der Waals surface area contributed by atoms with Crippen LogP contribution in [0.2, 0.25) is 0 Å². The predicted molar refractivity (Wildman–Crippen MR) is 76.3 cm³/mol. The molecule has 0 saturated carbocycles. The molecule has 20 heavy (non-hydrogen) atoms. The summed E-state index contributed by atoms with van der Waals surface area (Å²) in [5.41, 5.74) is 0.547. The molecule has 0 unspecified atom stereocenters. The van der Waals surface area contributed by atoms with Crippen molar-refractivity contribution in [1.82, 2.24) is 0 Å². The predicted octanol–water partition coefficient (Wildman–Crippen LogP) is 3.29. The van der Waals surface area contributed by atoms with Crippen molar-refractivity contribution in [3.63, 3.8) is 0 Å². The molecule has 0 aromatic heterocycles. The minimum Gasteiger partial charge on any atom is -0.493 e. The number of aliphatic carboxylic acids is 1. The Morgan fingerprint density at radius 2 is 1.75 bits per heavy atom. The molecule has 0 heterocycles. The monoisotopic (exact) mass is 272 g/mol. The topological polar surface area (TPSA) is 63.6 Å². The number of fused-ring (bicyclic) bond motifs is 1. The minimum atomic E-state index is -0.964. The molecular formula is C16H16O4. The molecule has 0 fully saturated rings. The summed E-state index contributed by atoms with van der Waals surface area (Å²) in [4.78, 5) is 22.7. The number of Topliss-reactive ketones (excluding diaryl/α,β-unsaturated/α-hetero) is 1. The van der Waals surface area contributed by atoms with E-state index >= 15 is 0 Å². The van der Waals surface area contributed by atoms with Gasteiger partial charge in [-0.25, -0.2) is 0 Å². The van der Waals surface area contributed by atoms with Crippen LogP contribution in [0.3, 0.4) is 0 Å². The zero-order valence-electron chi connectivity index (χ0n) is 11.3. The summed E-state index contributed by atoms with van der Waals surface area (Å²) in [6.45, 7) is 2.46. The first kappa shape index (κ1) is 14.1. The van der Waals surface area contributed by atoms with Crippen LogP contribution in [0.4, 0.5) is 0 Å². The largest absolute Gasteiger partial charge is 0.493 e. The van der Waals surface area contributed by atoms with Gasteiger partial charge in [0.1, 0.15) is 5.75 Å². The maximum atomic E-state index is 12.1. The molecule has 0 atom stereocenters. The van der Waals surface area contributed by atoms with Crippen LogP contribution in [0.25, 0.3) is 10.8 Å². The van der Waals surface area contributed by atoms with E-state index < -0.39 is 5.97 Å². The zero-order chi connectivity index (χ0) is 14.5. The summed E-state index contributed by atoms with van der Waals surface area (Å²) >= 11 is 0. The normalized spacial score (nSPS) is 10.4. The first-order valence-corrected chi connectivity index (χ1v) is 6.53. The quantitative estimate of drug-likeness (QED) is 0.819. The molecule has 104 valence electrons. The highest BCUT2D eigenvalue weighted by atomic mass is 16.5. The van der Waals surface area contributed by atoms with Crippen LogP contribution in [0, 0.1) is 0 Å². The van der Waals surface area contributed by atoms with E-state index in [4.69, 9.17) is 9.84 Å². The number of carboxylic acids is 1. The van der Waals surface area contributed by atoms with Crippen LogP contribution >= 0.6 is 0 Å². The number of carbonyl (C=O) groups is 2. The smallest absolute Gasteiger partial charge is 0.303 e. The molecule has 0 aliphatic rings. The Morgan fingerprint density at radius 3 is 2.40 bits per heavy atom. The molecule has 0 aliphatic heterocycles. The van der Waals surface area contributed by atoms with Crippen molar-refractivity contribution in [2.24, 2.45) is 0 Å². The third kappa shape index (κ3) is 2.96. The van der Waals surface area contributed by atoms with Crippen LogP contribution in [-0.4, -0.2) is 23.5 Å². The van der Waals surface area contributed by atoms with Crippen molar-refractivity contribution < 1.29 is 19.4 Å². The summed E-state index contributed by atoms with van der Waals surface area (Å²) in [6, 6.07) is 11.0. The van der Waals surface area contributed by atoms with Crippen LogP contribution in [0.5, 0.6) is 5.75 Å². The molecule has 2 aromatic rings. The number of ether oxygens (including phenoxy) is 1. The maximum Gasteiger partial charge on any atom is 0.303 e. The SMILES string of the molecule is CCOc1ccc(C(=O)CCC(=O)O)c2ccccc12. The zero-order valence-corrected chi connectivity index (χ0v) is 11.3. The van der Waals surface area contributed by atoms with E-state index in [0.29, 0.717) is 12.2 Å². The Bertz CT molecular complexity index is 646. The molecule has 0 amide bonds. The van der Waals surface area contributed by atoms with Gasteiger partial charge in [0, 0.05) is 17.4 Å². The summed E-state index contributed by atoms with van der Waals surface area (Å²) < 4.78 is 5.55. The Labute approximate surface area is 117 Å². The number of rotatable bonds is 6. The lowest BCUT2D eigenvalue weighted by Crippen LogP contribution is -2.05. The third-order valence-corrected chi connectivity index (χ3v) is 3.05. The van der Waals surface area contributed by atoms with Gasteiger partial charge < -0.3 is 9.84 Å². The summed E-state index contributed by atoms with van der Waals surface area (Å²) in [6.07, 6.45) is -0.145. The van der Waals surface area contributed by atoms with Gasteiger partial charge in [-0.1, -0.05) is 24.3 Å². The van der Waals surface area contributed by atoms with Gasteiger partial charge in [-0.2, -0.15) is 0 Å². The molecule has 4 nitrogen and oxygen atoms in total. The third-order valence-electron chi connectivity index (χ3n) is 3.05. The van der Waals surface area contributed by atoms with Gasteiger partial charge in [-0.15, -0.1) is 0 Å². The lowest BCUT2D eigenvalue weighted by Gasteiger charge is -2.10. The van der Waals surface area contributed by atoms with E-state index in [0.717, 1.165) is 16.5 Å². The average molecular weight is 272 g/mol. The molecular weight excluding hydrogens is 256 g/mol. The van der Waals surface area contributed by atoms with Gasteiger partial charge in [0.25, 0.3) is 0 Å². The molecule has 0 saturated heterocycles. The molecule has 2 rings (SSSR count). The van der Waals surface area contributed by atoms with Gasteiger partial charge in [-0.3, -0.25) is 9.59 Å². The number of carboxylic acid groups (broad SMARTS) is 1. The van der Waals surface area contributed by atoms with Crippen LogP contribution < -0.4 is 4.74 Å². The number of ketones is 1. The second-order valence-corrected chi connectivity index (χ2v) is 4.41. The van der Waals surface area contributed by atoms with Gasteiger partial charge in [0.15, 0.2) is 5.78 Å². The molecule has 4 heteroatoms. The van der Waals surface area contributed by atoms with E-state index in [1.54, 1.807) is 12.1 Å². The highest BCUT2D eigenvalue weighted by Gasteiger charge is 2.13.